The SMILES string of the molecule is Cc1ccc(-c2cc3c(=O)n(CCC(=O)N4CCOCC4)ccn3n2)cc1C. The first-order valence-electron chi connectivity index (χ1n) is 9.55. The van der Waals surface area contributed by atoms with E-state index in [1.54, 1.807) is 26.4 Å². The lowest BCUT2D eigenvalue weighted by atomic mass is 10.0. The minimum Gasteiger partial charge on any atom is -0.378 e. The number of fused-ring (bicyclic) bond motifs is 1. The molecule has 0 saturated carbocycles. The molecule has 0 aliphatic carbocycles. The maximum absolute atomic E-state index is 12.8. The summed E-state index contributed by atoms with van der Waals surface area (Å²) >= 11 is 0. The number of ether oxygens (including phenoxy) is 1. The maximum Gasteiger partial charge on any atom is 0.276 e. The number of aromatic nitrogens is 3. The summed E-state index contributed by atoms with van der Waals surface area (Å²) in [5.74, 6) is 0.0550. The maximum atomic E-state index is 12.8. The van der Waals surface area contributed by atoms with Crippen molar-refractivity contribution >= 4 is 11.4 Å². The van der Waals surface area contributed by atoms with Crippen molar-refractivity contribution < 1.29 is 9.53 Å². The van der Waals surface area contributed by atoms with Crippen molar-refractivity contribution in [3.05, 3.63) is 58.1 Å². The molecular formula is C21H24N4O3. The summed E-state index contributed by atoms with van der Waals surface area (Å²) in [6.45, 7) is 6.88. The van der Waals surface area contributed by atoms with Crippen LogP contribution >= 0.6 is 0 Å². The second kappa shape index (κ2) is 7.59. The Morgan fingerprint density at radius 1 is 1.11 bits per heavy atom. The summed E-state index contributed by atoms with van der Waals surface area (Å²) < 4.78 is 8.46. The molecule has 1 aromatic carbocycles. The van der Waals surface area contributed by atoms with Crippen LogP contribution in [-0.2, 0) is 16.1 Å². The van der Waals surface area contributed by atoms with Gasteiger partial charge in [-0.15, -0.1) is 0 Å². The Labute approximate surface area is 163 Å². The first-order valence-corrected chi connectivity index (χ1v) is 9.55. The molecule has 0 spiro atoms. The predicted octanol–water partition coefficient (Wildman–Crippen LogP) is 2.03. The van der Waals surface area contributed by atoms with E-state index in [0.717, 1.165) is 11.3 Å². The Hall–Kier alpha value is -2.93. The molecule has 0 atom stereocenters. The molecule has 146 valence electrons. The number of nitrogens with zero attached hydrogens (tertiary/aromatic N) is 4. The van der Waals surface area contributed by atoms with Crippen molar-refractivity contribution in [2.75, 3.05) is 26.3 Å². The molecule has 7 nitrogen and oxygen atoms in total. The number of benzene rings is 1. The topological polar surface area (TPSA) is 68.8 Å². The van der Waals surface area contributed by atoms with Crippen molar-refractivity contribution in [1.82, 2.24) is 19.1 Å². The zero-order valence-corrected chi connectivity index (χ0v) is 16.2. The summed E-state index contributed by atoms with van der Waals surface area (Å²) in [7, 11) is 0. The van der Waals surface area contributed by atoms with Crippen molar-refractivity contribution in [2.45, 2.75) is 26.8 Å². The molecule has 4 rings (SSSR count). The summed E-state index contributed by atoms with van der Waals surface area (Å²) in [6, 6.07) is 7.97. The number of hydrogen-bond donors (Lipinski definition) is 0. The molecule has 1 aliphatic heterocycles. The van der Waals surface area contributed by atoms with Crippen LogP contribution in [0, 0.1) is 13.8 Å². The van der Waals surface area contributed by atoms with Gasteiger partial charge in [-0.2, -0.15) is 5.10 Å². The van der Waals surface area contributed by atoms with Crippen LogP contribution in [0.1, 0.15) is 17.5 Å². The molecule has 3 aromatic rings. The first-order chi connectivity index (χ1) is 13.5. The number of rotatable bonds is 4. The Morgan fingerprint density at radius 3 is 2.64 bits per heavy atom. The predicted molar refractivity (Wildman–Crippen MR) is 106 cm³/mol. The largest absolute Gasteiger partial charge is 0.378 e. The van der Waals surface area contributed by atoms with Gasteiger partial charge in [-0.3, -0.25) is 9.59 Å². The number of aryl methyl sites for hydroxylation is 3. The average molecular weight is 380 g/mol. The van der Waals surface area contributed by atoms with Crippen LogP contribution in [0.25, 0.3) is 16.8 Å². The van der Waals surface area contributed by atoms with Gasteiger partial charge in [0.15, 0.2) is 0 Å². The quantitative estimate of drug-likeness (QED) is 0.695. The van der Waals surface area contributed by atoms with E-state index in [-0.39, 0.29) is 11.5 Å². The highest BCUT2D eigenvalue weighted by atomic mass is 16.5. The number of amides is 1. The molecule has 0 radical (unpaired) electrons. The first kappa shape index (κ1) is 18.4. The van der Waals surface area contributed by atoms with E-state index >= 15 is 0 Å². The van der Waals surface area contributed by atoms with Crippen molar-refractivity contribution in [1.29, 1.82) is 0 Å². The minimum absolute atomic E-state index is 0.0550. The highest BCUT2D eigenvalue weighted by Crippen LogP contribution is 2.21. The zero-order valence-electron chi connectivity index (χ0n) is 16.2. The molecule has 0 bridgehead atoms. The average Bonchev–Trinajstić information content (AvgIpc) is 3.15. The van der Waals surface area contributed by atoms with Gasteiger partial charge in [0.05, 0.1) is 18.9 Å². The molecule has 1 aliphatic rings. The number of hydrogen-bond acceptors (Lipinski definition) is 4. The normalized spacial score (nSPS) is 14.6. The zero-order chi connectivity index (χ0) is 19.7. The van der Waals surface area contributed by atoms with Crippen molar-refractivity contribution in [2.24, 2.45) is 0 Å². The van der Waals surface area contributed by atoms with Gasteiger partial charge in [0, 0.05) is 44.0 Å². The van der Waals surface area contributed by atoms with Gasteiger partial charge in [0.25, 0.3) is 5.56 Å². The van der Waals surface area contributed by atoms with Crippen LogP contribution in [0.3, 0.4) is 0 Å². The molecule has 28 heavy (non-hydrogen) atoms. The molecule has 0 N–H and O–H groups in total. The van der Waals surface area contributed by atoms with E-state index < -0.39 is 0 Å². The summed E-state index contributed by atoms with van der Waals surface area (Å²) in [4.78, 5) is 27.0. The molecule has 1 amide bonds. The van der Waals surface area contributed by atoms with Crippen molar-refractivity contribution in [3.63, 3.8) is 0 Å². The number of carbonyl (C=O) groups is 1. The van der Waals surface area contributed by atoms with Gasteiger partial charge >= 0.3 is 0 Å². The fourth-order valence-corrected chi connectivity index (χ4v) is 3.43. The Kier molecular flexibility index (Phi) is 5.00. The fourth-order valence-electron chi connectivity index (χ4n) is 3.43. The van der Waals surface area contributed by atoms with Crippen LogP contribution in [0.15, 0.2) is 41.5 Å². The lowest BCUT2D eigenvalue weighted by Gasteiger charge is -2.26. The number of carbonyl (C=O) groups excluding carboxylic acids is 1. The van der Waals surface area contributed by atoms with Gasteiger partial charge in [-0.05, 0) is 37.1 Å². The molecule has 1 saturated heterocycles. The summed E-state index contributed by atoms with van der Waals surface area (Å²) in [5.41, 5.74) is 4.53. The minimum atomic E-state index is -0.139. The monoisotopic (exact) mass is 380 g/mol. The van der Waals surface area contributed by atoms with E-state index in [2.05, 4.69) is 31.1 Å². The van der Waals surface area contributed by atoms with Crippen LogP contribution in [0.2, 0.25) is 0 Å². The van der Waals surface area contributed by atoms with E-state index in [1.807, 2.05) is 12.1 Å². The van der Waals surface area contributed by atoms with Gasteiger partial charge in [0.1, 0.15) is 5.52 Å². The molecule has 3 heterocycles. The Bertz CT molecular complexity index is 1080. The molecule has 2 aromatic heterocycles. The van der Waals surface area contributed by atoms with E-state index in [1.165, 1.54) is 11.1 Å². The van der Waals surface area contributed by atoms with Crippen molar-refractivity contribution in [3.8, 4) is 11.3 Å². The van der Waals surface area contributed by atoms with Gasteiger partial charge in [-0.25, -0.2) is 4.52 Å². The number of morpholine rings is 1. The molecular weight excluding hydrogens is 356 g/mol. The van der Waals surface area contributed by atoms with E-state index in [0.29, 0.717) is 44.8 Å². The fraction of sp³-hybridized carbons (Fsp3) is 0.381. The third-order valence-electron chi connectivity index (χ3n) is 5.34. The molecule has 1 fully saturated rings. The second-order valence-electron chi connectivity index (χ2n) is 7.20. The summed E-state index contributed by atoms with van der Waals surface area (Å²) in [6.07, 6.45) is 3.76. The van der Waals surface area contributed by atoms with Crippen LogP contribution in [0.5, 0.6) is 0 Å². The molecule has 0 unspecified atom stereocenters. The smallest absolute Gasteiger partial charge is 0.276 e. The standard InChI is InChI=1S/C21H24N4O3/c1-15-3-4-17(13-16(15)2)18-14-19-21(27)24(7-8-25(19)22-18)6-5-20(26)23-9-11-28-12-10-23/h3-4,7-8,13-14H,5-6,9-12H2,1-2H3. The summed E-state index contributed by atoms with van der Waals surface area (Å²) in [5, 5.41) is 4.54. The third kappa shape index (κ3) is 3.57. The van der Waals surface area contributed by atoms with E-state index in [9.17, 15) is 9.59 Å². The van der Waals surface area contributed by atoms with E-state index in [4.69, 9.17) is 4.74 Å². The Balaban J connectivity index is 1.56. The molecule has 7 heteroatoms. The van der Waals surface area contributed by atoms with Gasteiger partial charge < -0.3 is 14.2 Å². The third-order valence-corrected chi connectivity index (χ3v) is 5.34. The lowest BCUT2D eigenvalue weighted by molar-refractivity contribution is -0.135. The second-order valence-corrected chi connectivity index (χ2v) is 7.20. The Morgan fingerprint density at radius 2 is 1.89 bits per heavy atom. The highest BCUT2D eigenvalue weighted by molar-refractivity contribution is 5.76. The lowest BCUT2D eigenvalue weighted by Crippen LogP contribution is -2.41. The van der Waals surface area contributed by atoms with Crippen LogP contribution < -0.4 is 5.56 Å². The highest BCUT2D eigenvalue weighted by Gasteiger charge is 2.17. The van der Waals surface area contributed by atoms with Gasteiger partial charge in [-0.1, -0.05) is 12.1 Å². The van der Waals surface area contributed by atoms with Crippen LogP contribution in [-0.4, -0.2) is 51.3 Å². The van der Waals surface area contributed by atoms with Gasteiger partial charge in [0.2, 0.25) is 5.91 Å². The van der Waals surface area contributed by atoms with Crippen LogP contribution in [0.4, 0.5) is 0 Å².